The largest absolute Gasteiger partial charge is 0.465 e. The summed E-state index contributed by atoms with van der Waals surface area (Å²) >= 11 is 0. The predicted molar refractivity (Wildman–Crippen MR) is 146 cm³/mol. The Morgan fingerprint density at radius 3 is 2.50 bits per heavy atom. The summed E-state index contributed by atoms with van der Waals surface area (Å²) in [7, 11) is 1.34. The lowest BCUT2D eigenvalue weighted by atomic mass is 10.1. The first-order chi connectivity index (χ1) is 18.5. The smallest absolute Gasteiger partial charge is 0.337 e. The summed E-state index contributed by atoms with van der Waals surface area (Å²) in [4.78, 5) is 37.4. The van der Waals surface area contributed by atoms with Crippen molar-refractivity contribution in [3.05, 3.63) is 95.3 Å². The van der Waals surface area contributed by atoms with Crippen LogP contribution in [0.4, 0.5) is 5.69 Å². The normalized spacial score (nSPS) is 13.9. The standard InChI is InChI=1S/C30H30N4O4/c1-20(2)16-17-33-26-11-7-5-9-24(26)31-27(33)18-34-25-10-6-4-8-23(25)28(29(34)35)32-38-19-21-12-14-22(15-13-21)30(36)37-3/h4-15,20H,16-19H2,1-3H3/b32-28-. The highest BCUT2D eigenvalue weighted by Crippen LogP contribution is 2.31. The average Bonchev–Trinajstić information content (AvgIpc) is 3.42. The van der Waals surface area contributed by atoms with Gasteiger partial charge in [0.2, 0.25) is 0 Å². The Morgan fingerprint density at radius 2 is 1.74 bits per heavy atom. The van der Waals surface area contributed by atoms with Crippen molar-refractivity contribution >= 4 is 34.3 Å². The number of para-hydroxylation sites is 3. The Bertz CT molecular complexity index is 1500. The van der Waals surface area contributed by atoms with Crippen molar-refractivity contribution in [3.8, 4) is 0 Å². The minimum absolute atomic E-state index is 0.158. The number of aryl methyl sites for hydroxylation is 1. The molecule has 4 aromatic rings. The molecule has 8 heteroatoms. The van der Waals surface area contributed by atoms with Gasteiger partial charge in [-0.3, -0.25) is 9.69 Å². The van der Waals surface area contributed by atoms with Crippen LogP contribution >= 0.6 is 0 Å². The number of ether oxygens (including phenoxy) is 1. The van der Waals surface area contributed by atoms with Crippen LogP contribution in [0.3, 0.4) is 0 Å². The molecule has 5 rings (SSSR count). The number of oxime groups is 1. The fraction of sp³-hybridized carbons (Fsp3) is 0.267. The van der Waals surface area contributed by atoms with Crippen LogP contribution in [0.25, 0.3) is 11.0 Å². The molecule has 0 atom stereocenters. The minimum atomic E-state index is -0.399. The number of carbonyl (C=O) groups excluding carboxylic acids is 2. The SMILES string of the molecule is COC(=O)c1ccc(CO/N=C2\C(=O)N(Cc3nc4ccccc4n3CCC(C)C)c3ccccc32)cc1. The van der Waals surface area contributed by atoms with Gasteiger partial charge in [-0.2, -0.15) is 0 Å². The van der Waals surface area contributed by atoms with Crippen molar-refractivity contribution in [2.75, 3.05) is 12.0 Å². The molecule has 8 nitrogen and oxygen atoms in total. The summed E-state index contributed by atoms with van der Waals surface area (Å²) < 4.78 is 6.95. The molecule has 1 aromatic heterocycles. The molecule has 0 unspecified atom stereocenters. The molecule has 0 N–H and O–H groups in total. The maximum Gasteiger partial charge on any atom is 0.337 e. The van der Waals surface area contributed by atoms with Crippen LogP contribution in [0, 0.1) is 5.92 Å². The van der Waals surface area contributed by atoms with Crippen LogP contribution < -0.4 is 4.90 Å². The number of amides is 1. The molecule has 194 valence electrons. The summed E-state index contributed by atoms with van der Waals surface area (Å²) in [5.74, 6) is 0.756. The number of hydrogen-bond donors (Lipinski definition) is 0. The Kier molecular flexibility index (Phi) is 7.22. The highest BCUT2D eigenvalue weighted by molar-refractivity contribution is 6.54. The molecule has 3 aromatic carbocycles. The van der Waals surface area contributed by atoms with Crippen molar-refractivity contribution < 1.29 is 19.2 Å². The van der Waals surface area contributed by atoms with Crippen LogP contribution in [0.2, 0.25) is 0 Å². The number of fused-ring (bicyclic) bond motifs is 2. The maximum atomic E-state index is 13.6. The summed E-state index contributed by atoms with van der Waals surface area (Å²) in [6, 6.07) is 22.5. The monoisotopic (exact) mass is 510 g/mol. The molecule has 38 heavy (non-hydrogen) atoms. The van der Waals surface area contributed by atoms with E-state index in [1.807, 2.05) is 42.5 Å². The number of hydrogen-bond acceptors (Lipinski definition) is 6. The third-order valence-electron chi connectivity index (χ3n) is 6.62. The molecule has 0 aliphatic carbocycles. The van der Waals surface area contributed by atoms with E-state index in [0.717, 1.165) is 46.6 Å². The zero-order valence-electron chi connectivity index (χ0n) is 21.8. The van der Waals surface area contributed by atoms with E-state index in [9.17, 15) is 9.59 Å². The lowest BCUT2D eigenvalue weighted by Gasteiger charge is -2.18. The molecule has 0 bridgehead atoms. The minimum Gasteiger partial charge on any atom is -0.465 e. The van der Waals surface area contributed by atoms with E-state index < -0.39 is 5.97 Å². The van der Waals surface area contributed by atoms with Gasteiger partial charge < -0.3 is 14.1 Å². The molecule has 0 saturated carbocycles. The Labute approximate surface area is 221 Å². The van der Waals surface area contributed by atoms with Gasteiger partial charge in [-0.25, -0.2) is 9.78 Å². The lowest BCUT2D eigenvalue weighted by Crippen LogP contribution is -2.31. The van der Waals surface area contributed by atoms with Gasteiger partial charge in [0, 0.05) is 12.1 Å². The highest BCUT2D eigenvalue weighted by Gasteiger charge is 2.35. The Morgan fingerprint density at radius 1 is 1.00 bits per heavy atom. The first kappa shape index (κ1) is 25.2. The van der Waals surface area contributed by atoms with Crippen LogP contribution in [0.1, 0.15) is 47.6 Å². The van der Waals surface area contributed by atoms with Crippen LogP contribution in [0.15, 0.2) is 78.0 Å². The highest BCUT2D eigenvalue weighted by atomic mass is 16.6. The zero-order valence-corrected chi connectivity index (χ0v) is 21.8. The van der Waals surface area contributed by atoms with Gasteiger partial charge in [0.15, 0.2) is 5.71 Å². The van der Waals surface area contributed by atoms with E-state index in [4.69, 9.17) is 14.6 Å². The van der Waals surface area contributed by atoms with Gasteiger partial charge in [-0.1, -0.05) is 61.5 Å². The molecular formula is C30H30N4O4. The second-order valence-electron chi connectivity index (χ2n) is 9.66. The van der Waals surface area contributed by atoms with Gasteiger partial charge >= 0.3 is 5.97 Å². The quantitative estimate of drug-likeness (QED) is 0.224. The molecule has 0 spiro atoms. The van der Waals surface area contributed by atoms with Gasteiger partial charge in [0.05, 0.1) is 35.9 Å². The number of rotatable bonds is 9. The molecule has 0 radical (unpaired) electrons. The number of anilines is 1. The molecule has 1 amide bonds. The van der Waals surface area contributed by atoms with Crippen molar-refractivity contribution in [2.24, 2.45) is 11.1 Å². The number of carbonyl (C=O) groups is 2. The molecule has 0 fully saturated rings. The van der Waals surface area contributed by atoms with Gasteiger partial charge in [0.25, 0.3) is 5.91 Å². The van der Waals surface area contributed by atoms with E-state index in [1.165, 1.54) is 7.11 Å². The molecule has 1 aliphatic heterocycles. The summed E-state index contributed by atoms with van der Waals surface area (Å²) in [5, 5.41) is 4.24. The third-order valence-corrected chi connectivity index (χ3v) is 6.62. The molecule has 1 aliphatic rings. The molecular weight excluding hydrogens is 480 g/mol. The Balaban J connectivity index is 1.38. The van der Waals surface area contributed by atoms with Gasteiger partial charge in [0.1, 0.15) is 12.4 Å². The summed E-state index contributed by atoms with van der Waals surface area (Å²) in [5.41, 5.74) is 5.03. The number of nitrogens with zero attached hydrogens (tertiary/aromatic N) is 4. The van der Waals surface area contributed by atoms with E-state index in [2.05, 4.69) is 29.6 Å². The number of methoxy groups -OCH3 is 1. The fourth-order valence-corrected chi connectivity index (χ4v) is 4.56. The van der Waals surface area contributed by atoms with E-state index in [0.29, 0.717) is 18.0 Å². The maximum absolute atomic E-state index is 13.6. The van der Waals surface area contributed by atoms with Crippen LogP contribution in [0.5, 0.6) is 0 Å². The summed E-state index contributed by atoms with van der Waals surface area (Å²) in [6.07, 6.45) is 1.01. The molecule has 0 saturated heterocycles. The third kappa shape index (κ3) is 5.02. The number of imidazole rings is 1. The van der Waals surface area contributed by atoms with E-state index in [1.54, 1.807) is 29.2 Å². The molecule has 2 heterocycles. The van der Waals surface area contributed by atoms with E-state index in [-0.39, 0.29) is 18.2 Å². The van der Waals surface area contributed by atoms with Crippen molar-refractivity contribution in [2.45, 2.75) is 40.0 Å². The van der Waals surface area contributed by atoms with E-state index >= 15 is 0 Å². The number of benzene rings is 3. The second-order valence-corrected chi connectivity index (χ2v) is 9.66. The van der Waals surface area contributed by atoms with Crippen molar-refractivity contribution in [1.29, 1.82) is 0 Å². The predicted octanol–water partition coefficient (Wildman–Crippen LogP) is 5.34. The van der Waals surface area contributed by atoms with Gasteiger partial charge in [-0.05, 0) is 48.2 Å². The van der Waals surface area contributed by atoms with Crippen LogP contribution in [-0.2, 0) is 34.1 Å². The average molecular weight is 511 g/mol. The van der Waals surface area contributed by atoms with Crippen molar-refractivity contribution in [3.63, 3.8) is 0 Å². The second kappa shape index (κ2) is 10.9. The summed E-state index contributed by atoms with van der Waals surface area (Å²) in [6.45, 7) is 5.72. The van der Waals surface area contributed by atoms with Gasteiger partial charge in [-0.15, -0.1) is 0 Å². The Hall–Kier alpha value is -4.46. The lowest BCUT2D eigenvalue weighted by molar-refractivity contribution is -0.112. The number of esters is 1. The zero-order chi connectivity index (χ0) is 26.6. The van der Waals surface area contributed by atoms with Crippen LogP contribution in [-0.4, -0.2) is 34.2 Å². The fourth-order valence-electron chi connectivity index (χ4n) is 4.56. The van der Waals surface area contributed by atoms with Crippen molar-refractivity contribution in [1.82, 2.24) is 9.55 Å². The first-order valence-corrected chi connectivity index (χ1v) is 12.7. The first-order valence-electron chi connectivity index (χ1n) is 12.7. The number of aromatic nitrogens is 2. The topological polar surface area (TPSA) is 86.0 Å².